The summed E-state index contributed by atoms with van der Waals surface area (Å²) in [5.74, 6) is 0.934. The molecule has 0 unspecified atom stereocenters. The van der Waals surface area contributed by atoms with Gasteiger partial charge in [0.25, 0.3) is 0 Å². The molecule has 30 heavy (non-hydrogen) atoms. The number of nitrogens with two attached hydrogens (primary N) is 1. The van der Waals surface area contributed by atoms with Crippen LogP contribution in [0.15, 0.2) is 35.0 Å². The lowest BCUT2D eigenvalue weighted by Crippen LogP contribution is -2.45. The number of ether oxygens (including phenoxy) is 1. The van der Waals surface area contributed by atoms with Crippen molar-refractivity contribution in [1.29, 1.82) is 0 Å². The molecule has 1 aliphatic rings. The number of amides is 1. The highest BCUT2D eigenvalue weighted by molar-refractivity contribution is 6.01. The Morgan fingerprint density at radius 2 is 2.00 bits per heavy atom. The summed E-state index contributed by atoms with van der Waals surface area (Å²) >= 11 is 0. The van der Waals surface area contributed by atoms with E-state index in [0.29, 0.717) is 41.5 Å². The largest absolute Gasteiger partial charge is 0.492 e. The van der Waals surface area contributed by atoms with E-state index in [1.54, 1.807) is 24.3 Å². The maximum Gasteiger partial charge on any atom is 0.212 e. The van der Waals surface area contributed by atoms with Gasteiger partial charge in [0.15, 0.2) is 0 Å². The van der Waals surface area contributed by atoms with Gasteiger partial charge in [0, 0.05) is 61.5 Å². The first-order chi connectivity index (χ1) is 14.2. The Kier molecular flexibility index (Phi) is 8.83. The molecule has 4 N–H and O–H groups in total. The number of amidine groups is 1. The summed E-state index contributed by atoms with van der Waals surface area (Å²) in [6, 6.07) is 5.31. The van der Waals surface area contributed by atoms with E-state index < -0.39 is 0 Å². The quantitative estimate of drug-likeness (QED) is 0.336. The smallest absolute Gasteiger partial charge is 0.212 e. The zero-order valence-corrected chi connectivity index (χ0v) is 18.5. The van der Waals surface area contributed by atoms with Gasteiger partial charge in [-0.05, 0) is 13.1 Å². The number of carbonyl (C=O) groups is 1. The van der Waals surface area contributed by atoms with E-state index in [9.17, 15) is 9.90 Å². The second-order valence-corrected chi connectivity index (χ2v) is 8.55. The van der Waals surface area contributed by atoms with Gasteiger partial charge in [-0.3, -0.25) is 9.69 Å². The van der Waals surface area contributed by atoms with Gasteiger partial charge >= 0.3 is 0 Å². The number of rotatable bonds is 8. The van der Waals surface area contributed by atoms with Crippen molar-refractivity contribution in [1.82, 2.24) is 15.1 Å². The second kappa shape index (κ2) is 11.1. The molecule has 0 saturated carbocycles. The van der Waals surface area contributed by atoms with Crippen molar-refractivity contribution in [3.8, 4) is 5.75 Å². The fourth-order valence-corrected chi connectivity index (χ4v) is 2.90. The maximum atomic E-state index is 11.0. The van der Waals surface area contributed by atoms with Crippen molar-refractivity contribution < 1.29 is 14.6 Å². The minimum atomic E-state index is -0.246. The summed E-state index contributed by atoms with van der Waals surface area (Å²) in [6.07, 6.45) is 2.23. The Morgan fingerprint density at radius 1 is 1.30 bits per heavy atom. The van der Waals surface area contributed by atoms with Crippen LogP contribution in [0.2, 0.25) is 0 Å². The molecule has 1 aromatic rings. The lowest BCUT2D eigenvalue weighted by molar-refractivity contribution is -0.108. The molecule has 0 aliphatic carbocycles. The van der Waals surface area contributed by atoms with Crippen LogP contribution in [0, 0.1) is 5.41 Å². The number of nitrogens with zero attached hydrogens (tertiary/aromatic N) is 3. The predicted molar refractivity (Wildman–Crippen MR) is 120 cm³/mol. The molecule has 0 spiro atoms. The number of aliphatic hydroxyl groups excluding tert-OH is 1. The summed E-state index contributed by atoms with van der Waals surface area (Å²) in [5, 5.41) is 12.2. The summed E-state index contributed by atoms with van der Waals surface area (Å²) in [7, 11) is 2.13. The number of benzene rings is 1. The van der Waals surface area contributed by atoms with Crippen LogP contribution >= 0.6 is 0 Å². The third-order valence-corrected chi connectivity index (χ3v) is 5.10. The third-order valence-electron chi connectivity index (χ3n) is 5.10. The summed E-state index contributed by atoms with van der Waals surface area (Å²) < 4.78 is 5.96. The molecule has 1 amide bonds. The van der Waals surface area contributed by atoms with Crippen molar-refractivity contribution in [2.24, 2.45) is 16.1 Å². The van der Waals surface area contributed by atoms with Gasteiger partial charge in [0.2, 0.25) is 6.41 Å². The average Bonchev–Trinajstić information content (AvgIpc) is 2.69. The van der Waals surface area contributed by atoms with Crippen LogP contribution < -0.4 is 15.8 Å². The molecule has 166 valence electrons. The molecule has 1 aromatic carbocycles. The van der Waals surface area contributed by atoms with E-state index in [2.05, 4.69) is 27.2 Å². The van der Waals surface area contributed by atoms with Crippen LogP contribution in [0.1, 0.15) is 26.3 Å². The summed E-state index contributed by atoms with van der Waals surface area (Å²) in [5.41, 5.74) is 7.77. The van der Waals surface area contributed by atoms with Crippen LogP contribution in [0.4, 0.5) is 5.69 Å². The molecule has 1 saturated heterocycles. The zero-order valence-electron chi connectivity index (χ0n) is 18.5. The van der Waals surface area contributed by atoms with Gasteiger partial charge in [-0.25, -0.2) is 4.99 Å². The molecular weight excluding hydrogens is 382 g/mol. The van der Waals surface area contributed by atoms with Crippen LogP contribution in [0.25, 0.3) is 0 Å². The van der Waals surface area contributed by atoms with Crippen molar-refractivity contribution in [2.75, 3.05) is 46.4 Å². The fourth-order valence-electron chi connectivity index (χ4n) is 2.90. The number of nitrogens with one attached hydrogen (secondary N) is 1. The number of allylic oxidation sites excluding steroid dienone is 1. The van der Waals surface area contributed by atoms with Gasteiger partial charge < -0.3 is 25.8 Å². The van der Waals surface area contributed by atoms with E-state index in [1.165, 1.54) is 0 Å². The molecule has 0 bridgehead atoms. The Balaban J connectivity index is 2.12. The SMILES string of the molecule is CN1CCN(CCOc2cc(N=C(C=C(N)C(C)(C)C)NC=O)ccc2CO)CC1. The lowest BCUT2D eigenvalue weighted by Gasteiger charge is -2.32. The number of hydrogen-bond donors (Lipinski definition) is 3. The maximum absolute atomic E-state index is 11.0. The minimum Gasteiger partial charge on any atom is -0.492 e. The number of likely N-dealkylation sites (N-methyl/N-ethyl adjacent to an activating group) is 1. The highest BCUT2D eigenvalue weighted by Gasteiger charge is 2.15. The third kappa shape index (κ3) is 7.44. The number of piperazine rings is 1. The molecule has 8 nitrogen and oxygen atoms in total. The van der Waals surface area contributed by atoms with Gasteiger partial charge in [-0.15, -0.1) is 0 Å². The molecule has 1 aliphatic heterocycles. The molecule has 1 heterocycles. The normalized spacial score (nSPS) is 17.1. The van der Waals surface area contributed by atoms with E-state index in [4.69, 9.17) is 10.5 Å². The van der Waals surface area contributed by atoms with Gasteiger partial charge in [0.1, 0.15) is 18.2 Å². The molecule has 0 atom stereocenters. The Labute approximate surface area is 179 Å². The minimum absolute atomic E-state index is 0.121. The van der Waals surface area contributed by atoms with Crippen molar-refractivity contribution >= 4 is 17.9 Å². The average molecular weight is 418 g/mol. The number of aliphatic hydroxyl groups is 1. The Morgan fingerprint density at radius 3 is 2.60 bits per heavy atom. The predicted octanol–water partition coefficient (Wildman–Crippen LogP) is 1.47. The molecule has 0 aromatic heterocycles. The summed E-state index contributed by atoms with van der Waals surface area (Å²) in [6.45, 7) is 11.4. The topological polar surface area (TPSA) is 103 Å². The first-order valence-corrected chi connectivity index (χ1v) is 10.3. The molecule has 2 rings (SSSR count). The first kappa shape index (κ1) is 23.9. The van der Waals surface area contributed by atoms with E-state index >= 15 is 0 Å². The zero-order chi connectivity index (χ0) is 22.1. The van der Waals surface area contributed by atoms with Crippen LogP contribution in [0.5, 0.6) is 5.75 Å². The van der Waals surface area contributed by atoms with Gasteiger partial charge in [0.05, 0.1) is 12.3 Å². The standard InChI is InChI=1S/C22H35N5O3/c1-22(2,3)20(23)14-21(24-16-29)25-18-6-5-17(15-28)19(13-18)30-12-11-27-9-7-26(4)8-10-27/h5-6,13-14,16,28H,7-12,15,23H2,1-4H3,(H,24,25,29). The van der Waals surface area contributed by atoms with Crippen LogP contribution in [-0.4, -0.2) is 73.5 Å². The van der Waals surface area contributed by atoms with Crippen molar-refractivity contribution in [2.45, 2.75) is 27.4 Å². The van der Waals surface area contributed by atoms with Gasteiger partial charge in [-0.2, -0.15) is 0 Å². The highest BCUT2D eigenvalue weighted by Crippen LogP contribution is 2.26. The van der Waals surface area contributed by atoms with Crippen LogP contribution in [-0.2, 0) is 11.4 Å². The molecular formula is C22H35N5O3. The Hall–Kier alpha value is -2.42. The number of aliphatic imine (C=N–C) groups is 1. The molecule has 0 radical (unpaired) electrons. The summed E-state index contributed by atoms with van der Waals surface area (Å²) in [4.78, 5) is 20.2. The Bertz CT molecular complexity index is 763. The first-order valence-electron chi connectivity index (χ1n) is 10.3. The lowest BCUT2D eigenvalue weighted by atomic mass is 9.92. The molecule has 8 heteroatoms. The number of carbonyl (C=O) groups excluding carboxylic acids is 1. The van der Waals surface area contributed by atoms with E-state index in [0.717, 1.165) is 32.7 Å². The monoisotopic (exact) mass is 417 g/mol. The highest BCUT2D eigenvalue weighted by atomic mass is 16.5. The number of hydrogen-bond acceptors (Lipinski definition) is 7. The van der Waals surface area contributed by atoms with Gasteiger partial charge in [-0.1, -0.05) is 26.8 Å². The van der Waals surface area contributed by atoms with Crippen LogP contribution in [0.3, 0.4) is 0 Å². The molecule has 1 fully saturated rings. The van der Waals surface area contributed by atoms with E-state index in [1.807, 2.05) is 20.8 Å². The van der Waals surface area contributed by atoms with Crippen molar-refractivity contribution in [3.05, 3.63) is 35.5 Å². The second-order valence-electron chi connectivity index (χ2n) is 8.55. The fraction of sp³-hybridized carbons (Fsp3) is 0.545. The van der Waals surface area contributed by atoms with E-state index in [-0.39, 0.29) is 12.0 Å². The van der Waals surface area contributed by atoms with Crippen molar-refractivity contribution in [3.63, 3.8) is 0 Å².